The van der Waals surface area contributed by atoms with Crippen molar-refractivity contribution >= 4 is 5.97 Å². The Kier molecular flexibility index (Phi) is 8.08. The number of aliphatic carboxylic acids is 1. The largest absolute Gasteiger partial charge is 0.496 e. The van der Waals surface area contributed by atoms with Crippen molar-refractivity contribution in [3.05, 3.63) is 29.3 Å². The summed E-state index contributed by atoms with van der Waals surface area (Å²) in [6.45, 7) is 2.34. The fourth-order valence-electron chi connectivity index (χ4n) is 1.29. The molecule has 1 aromatic rings. The maximum atomic E-state index is 10.5. The third kappa shape index (κ3) is 6.56. The van der Waals surface area contributed by atoms with E-state index in [-0.39, 0.29) is 6.42 Å². The molecule has 4 nitrogen and oxygen atoms in total. The Bertz CT molecular complexity index is 418. The van der Waals surface area contributed by atoms with Gasteiger partial charge in [0, 0.05) is 12.7 Å². The summed E-state index contributed by atoms with van der Waals surface area (Å²) in [6, 6.07) is 5.50. The molecule has 0 radical (unpaired) electrons. The van der Waals surface area contributed by atoms with Gasteiger partial charge in [-0.2, -0.15) is 0 Å². The third-order valence-electron chi connectivity index (χ3n) is 2.01. The Labute approximate surface area is 108 Å². The van der Waals surface area contributed by atoms with Gasteiger partial charge in [-0.3, -0.25) is 4.79 Å². The van der Waals surface area contributed by atoms with Crippen molar-refractivity contribution in [3.8, 4) is 18.1 Å². The number of hydrogen-bond acceptors (Lipinski definition) is 3. The van der Waals surface area contributed by atoms with E-state index in [4.69, 9.17) is 16.3 Å². The molecule has 0 amide bonds. The maximum absolute atomic E-state index is 10.5. The molecule has 0 aliphatic carbocycles. The summed E-state index contributed by atoms with van der Waals surface area (Å²) >= 11 is 0. The molecule has 0 bridgehead atoms. The minimum atomic E-state index is -0.844. The summed E-state index contributed by atoms with van der Waals surface area (Å²) in [5.74, 6) is 2.08. The van der Waals surface area contributed by atoms with Gasteiger partial charge in [-0.05, 0) is 13.0 Å². The zero-order valence-electron chi connectivity index (χ0n) is 10.9. The summed E-state index contributed by atoms with van der Waals surface area (Å²) in [7, 11) is 3.11. The van der Waals surface area contributed by atoms with Crippen LogP contribution in [-0.2, 0) is 16.0 Å². The Morgan fingerprint density at radius 2 is 2.11 bits per heavy atom. The van der Waals surface area contributed by atoms with E-state index < -0.39 is 5.97 Å². The second-order valence-electron chi connectivity index (χ2n) is 3.52. The first-order chi connectivity index (χ1) is 8.54. The third-order valence-corrected chi connectivity index (χ3v) is 2.01. The lowest BCUT2D eigenvalue weighted by Crippen LogP contribution is -2.02. The number of benzene rings is 1. The lowest BCUT2D eigenvalue weighted by molar-refractivity contribution is -0.136. The molecular weight excluding hydrogens is 232 g/mol. The Morgan fingerprint density at radius 3 is 2.50 bits per heavy atom. The number of hydrogen-bond donors (Lipinski definition) is 1. The van der Waals surface area contributed by atoms with E-state index >= 15 is 0 Å². The highest BCUT2D eigenvalue weighted by Gasteiger charge is 2.06. The van der Waals surface area contributed by atoms with E-state index in [1.807, 2.05) is 19.1 Å². The zero-order valence-corrected chi connectivity index (χ0v) is 10.9. The summed E-state index contributed by atoms with van der Waals surface area (Å²) in [5, 5.41) is 8.62. The first-order valence-electron chi connectivity index (χ1n) is 5.32. The van der Waals surface area contributed by atoms with Crippen LogP contribution in [0.25, 0.3) is 0 Å². The van der Waals surface area contributed by atoms with Crippen LogP contribution in [0.2, 0.25) is 0 Å². The molecule has 18 heavy (non-hydrogen) atoms. The quantitative estimate of drug-likeness (QED) is 0.829. The second kappa shape index (κ2) is 9.08. The predicted molar refractivity (Wildman–Crippen MR) is 69.8 cm³/mol. The fraction of sp³-hybridized carbons (Fsp3) is 0.357. The molecule has 1 aromatic carbocycles. The van der Waals surface area contributed by atoms with E-state index in [9.17, 15) is 4.79 Å². The lowest BCUT2D eigenvalue weighted by Gasteiger charge is -2.06. The molecule has 0 aromatic heterocycles. The topological polar surface area (TPSA) is 55.8 Å². The monoisotopic (exact) mass is 250 g/mol. The van der Waals surface area contributed by atoms with Gasteiger partial charge >= 0.3 is 5.97 Å². The molecule has 0 saturated heterocycles. The summed E-state index contributed by atoms with van der Waals surface area (Å²) in [6.07, 6.45) is 4.77. The number of carboxylic acid groups (broad SMARTS) is 1. The highest BCUT2D eigenvalue weighted by atomic mass is 16.5. The molecule has 4 heteroatoms. The van der Waals surface area contributed by atoms with Crippen LogP contribution >= 0.6 is 0 Å². The number of terminal acetylenes is 1. The molecule has 0 spiro atoms. The van der Waals surface area contributed by atoms with Crippen molar-refractivity contribution in [2.24, 2.45) is 0 Å². The average Bonchev–Trinajstić information content (AvgIpc) is 2.30. The van der Waals surface area contributed by atoms with Crippen LogP contribution in [0.3, 0.4) is 0 Å². The molecule has 0 aliphatic heterocycles. The van der Waals surface area contributed by atoms with Crippen molar-refractivity contribution in [2.75, 3.05) is 20.8 Å². The summed E-state index contributed by atoms with van der Waals surface area (Å²) < 4.78 is 9.49. The van der Waals surface area contributed by atoms with Gasteiger partial charge in [0.05, 0.1) is 13.5 Å². The van der Waals surface area contributed by atoms with Crippen LogP contribution in [0, 0.1) is 19.3 Å². The molecule has 0 aliphatic rings. The highest BCUT2D eigenvalue weighted by molar-refractivity contribution is 5.71. The van der Waals surface area contributed by atoms with Gasteiger partial charge < -0.3 is 14.6 Å². The lowest BCUT2D eigenvalue weighted by atomic mass is 10.1. The van der Waals surface area contributed by atoms with Crippen molar-refractivity contribution < 1.29 is 19.4 Å². The summed E-state index contributed by atoms with van der Waals surface area (Å²) in [5.41, 5.74) is 1.76. The molecule has 0 saturated carbocycles. The Hall–Kier alpha value is -1.99. The summed E-state index contributed by atoms with van der Waals surface area (Å²) in [4.78, 5) is 10.5. The van der Waals surface area contributed by atoms with Crippen LogP contribution in [0.4, 0.5) is 0 Å². The normalized spacial score (nSPS) is 8.78. The van der Waals surface area contributed by atoms with E-state index in [1.165, 1.54) is 7.11 Å². The van der Waals surface area contributed by atoms with Gasteiger partial charge in [0.2, 0.25) is 0 Å². The molecule has 98 valence electrons. The van der Waals surface area contributed by atoms with Crippen LogP contribution in [0.5, 0.6) is 5.75 Å². The van der Waals surface area contributed by atoms with Crippen LogP contribution in [0.1, 0.15) is 11.1 Å². The Balaban J connectivity index is 0.000000494. The molecule has 0 heterocycles. The van der Waals surface area contributed by atoms with E-state index in [0.29, 0.717) is 12.4 Å². The van der Waals surface area contributed by atoms with Gasteiger partial charge in [0.15, 0.2) is 0 Å². The molecule has 1 rings (SSSR count). The standard InChI is InChI=1S/C10H12O3.C4H6O/c1-7-3-4-9(13-2)8(5-7)6-10(11)12;1-3-4-5-2/h3-5H,6H2,1-2H3,(H,11,12);1H,4H2,2H3. The minimum absolute atomic E-state index is 0.00481. The van der Waals surface area contributed by atoms with Crippen molar-refractivity contribution in [3.63, 3.8) is 0 Å². The van der Waals surface area contributed by atoms with Crippen LogP contribution in [0.15, 0.2) is 18.2 Å². The number of ether oxygens (including phenoxy) is 2. The number of methoxy groups -OCH3 is 2. The van der Waals surface area contributed by atoms with Gasteiger partial charge in [0.25, 0.3) is 0 Å². The molecular formula is C14H18O4. The van der Waals surface area contributed by atoms with E-state index in [2.05, 4.69) is 10.7 Å². The first-order valence-corrected chi connectivity index (χ1v) is 5.32. The van der Waals surface area contributed by atoms with Gasteiger partial charge in [0.1, 0.15) is 12.4 Å². The average molecular weight is 250 g/mol. The van der Waals surface area contributed by atoms with Crippen LogP contribution in [-0.4, -0.2) is 31.9 Å². The molecule has 0 unspecified atom stereocenters. The van der Waals surface area contributed by atoms with Crippen molar-refractivity contribution in [1.29, 1.82) is 0 Å². The smallest absolute Gasteiger partial charge is 0.307 e. The Morgan fingerprint density at radius 1 is 1.44 bits per heavy atom. The van der Waals surface area contributed by atoms with E-state index in [0.717, 1.165) is 11.1 Å². The van der Waals surface area contributed by atoms with Gasteiger partial charge in [-0.1, -0.05) is 23.6 Å². The SMILES string of the molecule is C#CCOC.COc1ccc(C)cc1CC(=O)O. The number of carbonyl (C=O) groups is 1. The molecule has 1 N–H and O–H groups in total. The van der Waals surface area contributed by atoms with Crippen molar-refractivity contribution in [1.82, 2.24) is 0 Å². The highest BCUT2D eigenvalue weighted by Crippen LogP contribution is 2.19. The van der Waals surface area contributed by atoms with Gasteiger partial charge in [-0.15, -0.1) is 6.42 Å². The van der Waals surface area contributed by atoms with Gasteiger partial charge in [-0.25, -0.2) is 0 Å². The maximum Gasteiger partial charge on any atom is 0.307 e. The number of aryl methyl sites for hydroxylation is 1. The first kappa shape index (κ1) is 16.0. The number of carboxylic acids is 1. The van der Waals surface area contributed by atoms with Crippen LogP contribution < -0.4 is 4.74 Å². The molecule has 0 atom stereocenters. The second-order valence-corrected chi connectivity index (χ2v) is 3.52. The fourth-order valence-corrected chi connectivity index (χ4v) is 1.29. The predicted octanol–water partition coefficient (Wildman–Crippen LogP) is 1.90. The van der Waals surface area contributed by atoms with Crippen molar-refractivity contribution in [2.45, 2.75) is 13.3 Å². The zero-order chi connectivity index (χ0) is 14.0. The molecule has 0 fully saturated rings. The number of rotatable bonds is 4. The minimum Gasteiger partial charge on any atom is -0.496 e. The van der Waals surface area contributed by atoms with E-state index in [1.54, 1.807) is 13.2 Å².